The van der Waals surface area contributed by atoms with Gasteiger partial charge in [-0.15, -0.1) is 0 Å². The first-order valence-electron chi connectivity index (χ1n) is 7.88. The molecule has 0 amide bonds. The van der Waals surface area contributed by atoms with E-state index in [1.807, 2.05) is 27.7 Å². The van der Waals surface area contributed by atoms with E-state index in [1.54, 1.807) is 0 Å². The Labute approximate surface area is 152 Å². The van der Waals surface area contributed by atoms with Gasteiger partial charge in [0.15, 0.2) is 0 Å². The molecule has 0 radical (unpaired) electrons. The molecule has 0 saturated carbocycles. The van der Waals surface area contributed by atoms with Crippen LogP contribution in [0.3, 0.4) is 0 Å². The molecule has 2 aromatic carbocycles. The predicted molar refractivity (Wildman–Crippen MR) is 98.4 cm³/mol. The van der Waals surface area contributed by atoms with Crippen LogP contribution in [0.2, 0.25) is 0 Å². The smallest absolute Gasteiger partial charge is 0.123 e. The van der Waals surface area contributed by atoms with Gasteiger partial charge in [0.2, 0.25) is 0 Å². The van der Waals surface area contributed by atoms with Gasteiger partial charge in [0.05, 0.1) is 21.6 Å². The maximum atomic E-state index is 13.1. The largest absolute Gasteiger partial charge is 0.254 e. The standard InChI is InChI=1S/C19H22F2O2S2/c1-18(2,24(22)16-9-5-14(20)6-10-16)13-19(3,4)25(23)17-11-7-15(21)8-12-17/h5-12H,13H2,1-4H3. The van der Waals surface area contributed by atoms with Crippen LogP contribution in [0, 0.1) is 11.6 Å². The molecule has 6 heteroatoms. The molecular formula is C19H22F2O2S2. The summed E-state index contributed by atoms with van der Waals surface area (Å²) in [4.78, 5) is 1.07. The molecule has 0 heterocycles. The first kappa shape index (κ1) is 19.9. The summed E-state index contributed by atoms with van der Waals surface area (Å²) in [6.45, 7) is 7.37. The van der Waals surface area contributed by atoms with Crippen molar-refractivity contribution in [3.63, 3.8) is 0 Å². The van der Waals surface area contributed by atoms with E-state index in [0.717, 1.165) is 0 Å². The molecule has 0 spiro atoms. The summed E-state index contributed by atoms with van der Waals surface area (Å²) in [7, 11) is -2.77. The van der Waals surface area contributed by atoms with Crippen molar-refractivity contribution in [2.45, 2.75) is 53.4 Å². The van der Waals surface area contributed by atoms with Gasteiger partial charge in [-0.3, -0.25) is 8.42 Å². The highest BCUT2D eigenvalue weighted by Crippen LogP contribution is 2.34. The number of rotatable bonds is 6. The molecule has 0 saturated heterocycles. The van der Waals surface area contributed by atoms with Gasteiger partial charge in [0.1, 0.15) is 11.6 Å². The fourth-order valence-corrected chi connectivity index (χ4v) is 6.03. The molecule has 0 aliphatic carbocycles. The highest BCUT2D eigenvalue weighted by Gasteiger charge is 2.38. The van der Waals surface area contributed by atoms with E-state index < -0.39 is 31.1 Å². The van der Waals surface area contributed by atoms with E-state index in [0.29, 0.717) is 16.2 Å². The Bertz CT molecular complexity index is 715. The monoisotopic (exact) mass is 384 g/mol. The minimum atomic E-state index is -1.39. The highest BCUT2D eigenvalue weighted by molar-refractivity contribution is 7.87. The highest BCUT2D eigenvalue weighted by atomic mass is 32.2. The molecule has 0 fully saturated rings. The molecule has 0 aromatic heterocycles. The lowest BCUT2D eigenvalue weighted by Gasteiger charge is -2.33. The Morgan fingerprint density at radius 1 is 0.680 bits per heavy atom. The van der Waals surface area contributed by atoms with Crippen LogP contribution in [0.5, 0.6) is 0 Å². The molecular weight excluding hydrogens is 362 g/mol. The van der Waals surface area contributed by atoms with Crippen LogP contribution in [-0.4, -0.2) is 17.9 Å². The van der Waals surface area contributed by atoms with E-state index in [-0.39, 0.29) is 11.6 Å². The van der Waals surface area contributed by atoms with E-state index in [2.05, 4.69) is 0 Å². The normalized spacial score (nSPS) is 15.0. The van der Waals surface area contributed by atoms with Gasteiger partial charge < -0.3 is 0 Å². The quantitative estimate of drug-likeness (QED) is 0.715. The lowest BCUT2D eigenvalue weighted by molar-refractivity contribution is 0.505. The molecule has 0 aliphatic rings. The fraction of sp³-hybridized carbons (Fsp3) is 0.368. The second-order valence-corrected chi connectivity index (χ2v) is 11.4. The number of hydrogen-bond acceptors (Lipinski definition) is 2. The van der Waals surface area contributed by atoms with Crippen molar-refractivity contribution in [2.24, 2.45) is 0 Å². The lowest BCUT2D eigenvalue weighted by Crippen LogP contribution is -2.39. The zero-order chi connectivity index (χ0) is 18.8. The maximum Gasteiger partial charge on any atom is 0.123 e. The van der Waals surface area contributed by atoms with Gasteiger partial charge in [-0.25, -0.2) is 8.78 Å². The Kier molecular flexibility index (Phi) is 5.94. The van der Waals surface area contributed by atoms with Crippen molar-refractivity contribution in [2.75, 3.05) is 0 Å². The van der Waals surface area contributed by atoms with Crippen molar-refractivity contribution in [3.8, 4) is 0 Å². The molecule has 2 aromatic rings. The zero-order valence-electron chi connectivity index (χ0n) is 14.7. The van der Waals surface area contributed by atoms with Crippen LogP contribution in [0.4, 0.5) is 8.78 Å². The Morgan fingerprint density at radius 2 is 0.960 bits per heavy atom. The van der Waals surface area contributed by atoms with Crippen LogP contribution < -0.4 is 0 Å². The van der Waals surface area contributed by atoms with Crippen molar-refractivity contribution in [3.05, 3.63) is 60.2 Å². The topological polar surface area (TPSA) is 34.1 Å². The molecule has 25 heavy (non-hydrogen) atoms. The second kappa shape index (κ2) is 7.46. The average Bonchev–Trinajstić information content (AvgIpc) is 2.54. The molecule has 0 aliphatic heterocycles. The summed E-state index contributed by atoms with van der Waals surface area (Å²) < 4.78 is 50.6. The van der Waals surface area contributed by atoms with Crippen LogP contribution >= 0.6 is 0 Å². The summed E-state index contributed by atoms with van der Waals surface area (Å²) in [6, 6.07) is 11.2. The molecule has 2 nitrogen and oxygen atoms in total. The van der Waals surface area contributed by atoms with E-state index in [1.165, 1.54) is 48.5 Å². The summed E-state index contributed by atoms with van der Waals surface area (Å²) in [5.74, 6) is -0.757. The van der Waals surface area contributed by atoms with Crippen molar-refractivity contribution in [1.82, 2.24) is 0 Å². The van der Waals surface area contributed by atoms with Gasteiger partial charge in [-0.1, -0.05) is 0 Å². The van der Waals surface area contributed by atoms with Crippen molar-refractivity contribution >= 4 is 21.6 Å². The summed E-state index contributed by atoms with van der Waals surface area (Å²) in [6.07, 6.45) is 0.411. The Balaban J connectivity index is 2.22. The second-order valence-electron chi connectivity index (χ2n) is 7.14. The maximum absolute atomic E-state index is 13.1. The van der Waals surface area contributed by atoms with Gasteiger partial charge in [-0.2, -0.15) is 0 Å². The average molecular weight is 385 g/mol. The summed E-state index contributed by atoms with van der Waals surface area (Å²) in [5, 5.41) is 0. The minimum Gasteiger partial charge on any atom is -0.254 e. The third-order valence-corrected chi connectivity index (χ3v) is 7.61. The molecule has 0 bridgehead atoms. The van der Waals surface area contributed by atoms with Gasteiger partial charge in [0, 0.05) is 19.3 Å². The molecule has 2 rings (SSSR count). The Hall–Kier alpha value is -1.40. The lowest BCUT2D eigenvalue weighted by atomic mass is 9.99. The first-order valence-corrected chi connectivity index (χ1v) is 10.2. The van der Waals surface area contributed by atoms with E-state index in [9.17, 15) is 17.2 Å². The van der Waals surface area contributed by atoms with E-state index in [4.69, 9.17) is 0 Å². The minimum absolute atomic E-state index is 0.378. The summed E-state index contributed by atoms with van der Waals surface area (Å²) in [5.41, 5.74) is 0. The zero-order valence-corrected chi connectivity index (χ0v) is 16.3. The number of halogens is 2. The number of benzene rings is 2. The van der Waals surface area contributed by atoms with Gasteiger partial charge in [0.25, 0.3) is 0 Å². The summed E-state index contributed by atoms with van der Waals surface area (Å²) >= 11 is 0. The fourth-order valence-electron chi connectivity index (χ4n) is 2.91. The molecule has 136 valence electrons. The molecule has 2 unspecified atom stereocenters. The van der Waals surface area contributed by atoms with Gasteiger partial charge >= 0.3 is 0 Å². The van der Waals surface area contributed by atoms with Crippen molar-refractivity contribution < 1.29 is 17.2 Å². The predicted octanol–water partition coefficient (Wildman–Crippen LogP) is 4.83. The Morgan fingerprint density at radius 3 is 1.24 bits per heavy atom. The third-order valence-electron chi connectivity index (χ3n) is 3.91. The van der Waals surface area contributed by atoms with Crippen LogP contribution in [0.25, 0.3) is 0 Å². The van der Waals surface area contributed by atoms with Crippen molar-refractivity contribution in [1.29, 1.82) is 0 Å². The van der Waals surface area contributed by atoms with Crippen LogP contribution in [0.1, 0.15) is 34.1 Å². The molecule has 0 N–H and O–H groups in total. The van der Waals surface area contributed by atoms with Crippen LogP contribution in [0.15, 0.2) is 58.3 Å². The third kappa shape index (κ3) is 4.82. The molecule has 2 atom stereocenters. The van der Waals surface area contributed by atoms with Crippen LogP contribution in [-0.2, 0) is 21.6 Å². The SMILES string of the molecule is CC(C)(CC(C)(C)S(=O)c1ccc(F)cc1)S(=O)c1ccc(F)cc1. The number of hydrogen-bond donors (Lipinski definition) is 0. The van der Waals surface area contributed by atoms with E-state index >= 15 is 0 Å². The van der Waals surface area contributed by atoms with Gasteiger partial charge in [-0.05, 0) is 82.6 Å². The first-order chi connectivity index (χ1) is 11.5.